The summed E-state index contributed by atoms with van der Waals surface area (Å²) in [4.78, 5) is 25.1. The lowest BCUT2D eigenvalue weighted by atomic mass is 9.90. The molecule has 5 rings (SSSR count). The molecule has 12 heteroatoms. The van der Waals surface area contributed by atoms with E-state index < -0.39 is 30.8 Å². The predicted octanol–water partition coefficient (Wildman–Crippen LogP) is 3.01. The highest BCUT2D eigenvalue weighted by Crippen LogP contribution is 2.45. The highest BCUT2D eigenvalue weighted by molar-refractivity contribution is 6.30. The molecule has 0 unspecified atom stereocenters. The smallest absolute Gasteiger partial charge is 0.480 e. The van der Waals surface area contributed by atoms with Crippen LogP contribution in [0.4, 0.5) is 13.2 Å². The Morgan fingerprint density at radius 3 is 2.39 bits per heavy atom. The molecule has 3 saturated carbocycles. The first-order chi connectivity index (χ1) is 17.0. The fraction of sp³-hybridized carbons (Fsp3) is 0.667. The number of alkyl halides is 3. The number of halogens is 4. The molecule has 0 spiro atoms. The van der Waals surface area contributed by atoms with E-state index in [1.54, 1.807) is 18.2 Å². The molecular formula is C24H28ClF3N2O6. The molecule has 3 fully saturated rings. The van der Waals surface area contributed by atoms with Gasteiger partial charge >= 0.3 is 6.36 Å². The number of hydrogen-bond donors (Lipinski definition) is 3. The summed E-state index contributed by atoms with van der Waals surface area (Å²) < 4.78 is 51.6. The molecule has 3 aliphatic carbocycles. The van der Waals surface area contributed by atoms with Gasteiger partial charge in [-0.05, 0) is 49.3 Å². The van der Waals surface area contributed by atoms with E-state index in [1.807, 2.05) is 0 Å². The first-order valence-corrected chi connectivity index (χ1v) is 12.5. The summed E-state index contributed by atoms with van der Waals surface area (Å²) in [5, 5.41) is 16.9. The number of fused-ring (bicyclic) bond motifs is 3. The molecule has 36 heavy (non-hydrogen) atoms. The van der Waals surface area contributed by atoms with Gasteiger partial charge in [0.25, 0.3) is 5.91 Å². The monoisotopic (exact) mass is 532 g/mol. The third-order valence-corrected chi connectivity index (χ3v) is 7.90. The normalized spacial score (nSPS) is 34.9. The van der Waals surface area contributed by atoms with Crippen molar-refractivity contribution in [2.24, 2.45) is 11.8 Å². The minimum Gasteiger partial charge on any atom is -0.480 e. The number of carbonyl (C=O) groups excluding carboxylic acids is 2. The third kappa shape index (κ3) is 5.74. The molecule has 1 heterocycles. The van der Waals surface area contributed by atoms with Gasteiger partial charge in [-0.25, -0.2) is 0 Å². The minimum atomic E-state index is -4.66. The Morgan fingerprint density at radius 1 is 1.03 bits per heavy atom. The molecule has 1 aromatic rings. The maximum Gasteiger partial charge on any atom is 0.522 e. The van der Waals surface area contributed by atoms with Gasteiger partial charge in [0, 0.05) is 41.9 Å². The van der Waals surface area contributed by atoms with Gasteiger partial charge in [-0.3, -0.25) is 14.3 Å². The summed E-state index contributed by atoms with van der Waals surface area (Å²) in [6, 6.07) is 4.88. The molecule has 2 amide bonds. The second kappa shape index (κ2) is 10.00. The van der Waals surface area contributed by atoms with Gasteiger partial charge < -0.3 is 25.2 Å². The van der Waals surface area contributed by atoms with Crippen molar-refractivity contribution in [3.05, 3.63) is 28.8 Å². The fourth-order valence-electron chi connectivity index (χ4n) is 5.86. The number of benzene rings is 1. The van der Waals surface area contributed by atoms with E-state index in [4.69, 9.17) is 21.1 Å². The Kier molecular flexibility index (Phi) is 7.10. The summed E-state index contributed by atoms with van der Waals surface area (Å²) in [5.41, 5.74) is 0.570. The Balaban J connectivity index is 1.03. The van der Waals surface area contributed by atoms with Crippen LogP contribution in [0.5, 0.6) is 5.75 Å². The van der Waals surface area contributed by atoms with Gasteiger partial charge in [0.05, 0.1) is 18.3 Å². The minimum absolute atomic E-state index is 0.0219. The van der Waals surface area contributed by atoms with Crippen LogP contribution in [0.1, 0.15) is 50.2 Å². The maximum atomic E-state index is 12.9. The standard InChI is InChI=1S/C24H28ClF3N2O6/c25-13-1-2-20-16(6-13)19(31)9-21(35-20)23(33)30-18-5-11-3-12(18)4-17(11)29-22(32)10-34-14-7-15(8-14)36-24(26,27)28/h1-2,6,11-12,14-15,17-19,21,31H,3-5,7-10H2,(H,29,32)(H,30,33)/t11-,12-,14?,15?,17+,18+,19-,21+/m1/s1. The van der Waals surface area contributed by atoms with Crippen molar-refractivity contribution in [3.8, 4) is 5.75 Å². The summed E-state index contributed by atoms with van der Waals surface area (Å²) in [6.45, 7) is -0.203. The molecule has 3 N–H and O–H groups in total. The quantitative estimate of drug-likeness (QED) is 0.498. The number of amides is 2. The summed E-state index contributed by atoms with van der Waals surface area (Å²) in [5.74, 6) is 0.322. The molecule has 8 nitrogen and oxygen atoms in total. The SMILES string of the molecule is O=C(COC1CC(OC(F)(F)F)C1)N[C@H]1C[C@H]2C[C@@H]1C[C@@H]2NC(=O)[C@@H]1C[C@@H](O)c2cc(Cl)ccc2O1. The van der Waals surface area contributed by atoms with E-state index in [0.29, 0.717) is 16.3 Å². The van der Waals surface area contributed by atoms with E-state index in [0.717, 1.165) is 19.3 Å². The van der Waals surface area contributed by atoms with E-state index >= 15 is 0 Å². The van der Waals surface area contributed by atoms with Crippen LogP contribution in [-0.4, -0.2) is 60.3 Å². The van der Waals surface area contributed by atoms with E-state index in [1.165, 1.54) is 0 Å². The van der Waals surface area contributed by atoms with Gasteiger partial charge in [0.2, 0.25) is 5.91 Å². The number of carbonyl (C=O) groups is 2. The number of aliphatic hydroxyl groups excluding tert-OH is 1. The van der Waals surface area contributed by atoms with Crippen molar-refractivity contribution in [1.82, 2.24) is 10.6 Å². The number of hydrogen-bond acceptors (Lipinski definition) is 6. The van der Waals surface area contributed by atoms with Gasteiger partial charge in [-0.1, -0.05) is 11.6 Å². The second-order valence-electron chi connectivity index (χ2n) is 10.1. The molecule has 0 aromatic heterocycles. The number of rotatable bonds is 7. The van der Waals surface area contributed by atoms with Crippen molar-refractivity contribution in [1.29, 1.82) is 0 Å². The van der Waals surface area contributed by atoms with Crippen LogP contribution >= 0.6 is 11.6 Å². The Morgan fingerprint density at radius 2 is 1.72 bits per heavy atom. The Bertz CT molecular complexity index is 1000. The van der Waals surface area contributed by atoms with Crippen LogP contribution in [0.25, 0.3) is 0 Å². The number of nitrogens with one attached hydrogen (secondary N) is 2. The highest BCUT2D eigenvalue weighted by atomic mass is 35.5. The Hall–Kier alpha value is -2.08. The third-order valence-electron chi connectivity index (χ3n) is 7.66. The molecule has 4 aliphatic rings. The van der Waals surface area contributed by atoms with Crippen LogP contribution < -0.4 is 15.4 Å². The first kappa shape index (κ1) is 25.6. The lowest BCUT2D eigenvalue weighted by molar-refractivity contribution is -0.357. The van der Waals surface area contributed by atoms with Gasteiger partial charge in [0.15, 0.2) is 6.10 Å². The zero-order chi connectivity index (χ0) is 25.6. The van der Waals surface area contributed by atoms with Crippen molar-refractivity contribution in [2.75, 3.05) is 6.61 Å². The maximum absolute atomic E-state index is 12.9. The van der Waals surface area contributed by atoms with Crippen LogP contribution in [-0.2, 0) is 19.1 Å². The summed E-state index contributed by atoms with van der Waals surface area (Å²) in [7, 11) is 0. The van der Waals surface area contributed by atoms with Crippen molar-refractivity contribution < 1.29 is 42.1 Å². The molecular weight excluding hydrogens is 505 g/mol. The fourth-order valence-corrected chi connectivity index (χ4v) is 6.04. The van der Waals surface area contributed by atoms with Crippen LogP contribution in [0.15, 0.2) is 18.2 Å². The summed E-state index contributed by atoms with van der Waals surface area (Å²) in [6.07, 6.45) is -4.91. The molecule has 0 saturated heterocycles. The lowest BCUT2D eigenvalue weighted by Crippen LogP contribution is -2.50. The second-order valence-corrected chi connectivity index (χ2v) is 10.6. The number of ether oxygens (including phenoxy) is 3. The molecule has 1 aromatic carbocycles. The zero-order valence-corrected chi connectivity index (χ0v) is 20.1. The number of aliphatic hydroxyl groups is 1. The van der Waals surface area contributed by atoms with Crippen LogP contribution in [0.2, 0.25) is 5.02 Å². The van der Waals surface area contributed by atoms with Gasteiger partial charge in [-0.2, -0.15) is 0 Å². The van der Waals surface area contributed by atoms with E-state index in [2.05, 4.69) is 15.4 Å². The lowest BCUT2D eigenvalue weighted by Gasteiger charge is -2.35. The van der Waals surface area contributed by atoms with Gasteiger partial charge in [-0.15, -0.1) is 13.2 Å². The summed E-state index contributed by atoms with van der Waals surface area (Å²) >= 11 is 5.98. The molecule has 1 aliphatic heterocycles. The molecule has 6 atom stereocenters. The van der Waals surface area contributed by atoms with Crippen LogP contribution in [0.3, 0.4) is 0 Å². The average Bonchev–Trinajstić information content (AvgIpc) is 3.34. The van der Waals surface area contributed by atoms with E-state index in [-0.39, 0.29) is 61.6 Å². The van der Waals surface area contributed by atoms with Crippen LogP contribution in [0, 0.1) is 11.8 Å². The van der Waals surface area contributed by atoms with E-state index in [9.17, 15) is 27.9 Å². The molecule has 2 bridgehead atoms. The topological polar surface area (TPSA) is 106 Å². The zero-order valence-electron chi connectivity index (χ0n) is 19.3. The average molecular weight is 533 g/mol. The highest BCUT2D eigenvalue weighted by Gasteiger charge is 2.48. The largest absolute Gasteiger partial charge is 0.522 e. The van der Waals surface area contributed by atoms with Gasteiger partial charge in [0.1, 0.15) is 12.4 Å². The first-order valence-electron chi connectivity index (χ1n) is 12.1. The molecule has 198 valence electrons. The van der Waals surface area contributed by atoms with Crippen molar-refractivity contribution >= 4 is 23.4 Å². The Labute approximate surface area is 210 Å². The van der Waals surface area contributed by atoms with Crippen molar-refractivity contribution in [3.63, 3.8) is 0 Å². The van der Waals surface area contributed by atoms with Crippen molar-refractivity contribution in [2.45, 2.75) is 81.4 Å². The predicted molar refractivity (Wildman–Crippen MR) is 120 cm³/mol. The molecule has 0 radical (unpaired) electrons.